The van der Waals surface area contributed by atoms with Crippen molar-refractivity contribution in [2.75, 3.05) is 13.1 Å². The van der Waals surface area contributed by atoms with Crippen LogP contribution >= 0.6 is 0 Å². The summed E-state index contributed by atoms with van der Waals surface area (Å²) in [5.74, 6) is -0.0103. The van der Waals surface area contributed by atoms with E-state index in [4.69, 9.17) is 0 Å². The monoisotopic (exact) mass is 271 g/mol. The minimum atomic E-state index is -0.0103. The summed E-state index contributed by atoms with van der Waals surface area (Å²) in [7, 11) is 0. The molecular weight excluding hydrogens is 254 g/mol. The van der Waals surface area contributed by atoms with Crippen molar-refractivity contribution in [1.29, 1.82) is 0 Å². The molecule has 0 saturated carbocycles. The Balaban J connectivity index is 1.65. The highest BCUT2D eigenvalue weighted by Crippen LogP contribution is 2.18. The number of hydrogen-bond acceptors (Lipinski definition) is 4. The summed E-state index contributed by atoms with van der Waals surface area (Å²) < 4.78 is 1.70. The van der Waals surface area contributed by atoms with Gasteiger partial charge in [0.25, 0.3) is 5.91 Å². The molecule has 6 heteroatoms. The first-order valence-electron chi connectivity index (χ1n) is 6.78. The second-order valence-electron chi connectivity index (χ2n) is 4.79. The van der Waals surface area contributed by atoms with E-state index in [9.17, 15) is 4.79 Å². The predicted molar refractivity (Wildman–Crippen MR) is 74.2 cm³/mol. The molecule has 6 nitrogen and oxygen atoms in total. The quantitative estimate of drug-likeness (QED) is 0.842. The van der Waals surface area contributed by atoms with E-state index >= 15 is 0 Å². The van der Waals surface area contributed by atoms with E-state index in [1.807, 2.05) is 12.1 Å². The van der Waals surface area contributed by atoms with E-state index in [1.54, 1.807) is 17.1 Å². The first-order chi connectivity index (χ1) is 9.84. The van der Waals surface area contributed by atoms with Gasteiger partial charge in [-0.25, -0.2) is 0 Å². The number of nitrogens with zero attached hydrogens (tertiary/aromatic N) is 3. The second kappa shape index (κ2) is 5.83. The van der Waals surface area contributed by atoms with Crippen molar-refractivity contribution >= 4 is 5.91 Å². The number of carbonyl (C=O) groups excluding carboxylic acids is 1. The maximum absolute atomic E-state index is 12.3. The largest absolute Gasteiger partial charge is 0.350 e. The second-order valence-corrected chi connectivity index (χ2v) is 4.79. The molecule has 2 heterocycles. The Kier molecular flexibility index (Phi) is 3.73. The molecule has 1 amide bonds. The number of amides is 1. The Morgan fingerprint density at radius 1 is 1.45 bits per heavy atom. The summed E-state index contributed by atoms with van der Waals surface area (Å²) in [6.07, 6.45) is 4.31. The van der Waals surface area contributed by atoms with Crippen LogP contribution in [0.1, 0.15) is 21.5 Å². The van der Waals surface area contributed by atoms with Crippen LogP contribution < -0.4 is 10.6 Å². The summed E-state index contributed by atoms with van der Waals surface area (Å²) in [5.41, 5.74) is 3.19. The first kappa shape index (κ1) is 12.8. The molecule has 1 aliphatic rings. The van der Waals surface area contributed by atoms with Gasteiger partial charge in [0, 0.05) is 24.8 Å². The molecule has 0 saturated heterocycles. The Morgan fingerprint density at radius 2 is 2.40 bits per heavy atom. The lowest BCUT2D eigenvalue weighted by atomic mass is 9.95. The Morgan fingerprint density at radius 3 is 3.25 bits per heavy atom. The molecule has 0 spiro atoms. The average Bonchev–Trinajstić information content (AvgIpc) is 3.00. The summed E-state index contributed by atoms with van der Waals surface area (Å²) in [6, 6.07) is 5.92. The lowest BCUT2D eigenvalue weighted by Crippen LogP contribution is -2.31. The molecule has 2 aromatic rings. The topological polar surface area (TPSA) is 71.8 Å². The molecule has 0 radical (unpaired) electrons. The number of nitrogens with one attached hydrogen (secondary N) is 2. The summed E-state index contributed by atoms with van der Waals surface area (Å²) >= 11 is 0. The number of hydrogen-bond donors (Lipinski definition) is 2. The van der Waals surface area contributed by atoms with Crippen LogP contribution in [-0.2, 0) is 19.5 Å². The molecule has 1 aromatic heterocycles. The van der Waals surface area contributed by atoms with Crippen molar-refractivity contribution in [3.05, 3.63) is 47.3 Å². The van der Waals surface area contributed by atoms with Crippen LogP contribution in [-0.4, -0.2) is 34.0 Å². The van der Waals surface area contributed by atoms with Gasteiger partial charge >= 0.3 is 0 Å². The third kappa shape index (κ3) is 2.70. The third-order valence-electron chi connectivity index (χ3n) is 3.48. The number of benzene rings is 1. The van der Waals surface area contributed by atoms with Gasteiger partial charge in [0.1, 0.15) is 0 Å². The SMILES string of the molecule is O=C(NCCn1ccnn1)c1cccc2c1CCNC2. The van der Waals surface area contributed by atoms with E-state index in [0.29, 0.717) is 13.1 Å². The molecule has 1 aromatic carbocycles. The van der Waals surface area contributed by atoms with Crippen molar-refractivity contribution in [2.24, 2.45) is 0 Å². The maximum atomic E-state index is 12.3. The van der Waals surface area contributed by atoms with Crippen molar-refractivity contribution in [3.8, 4) is 0 Å². The molecule has 0 atom stereocenters. The van der Waals surface area contributed by atoms with Gasteiger partial charge in [-0.05, 0) is 30.2 Å². The van der Waals surface area contributed by atoms with E-state index < -0.39 is 0 Å². The Labute approximate surface area is 117 Å². The zero-order valence-electron chi connectivity index (χ0n) is 11.2. The lowest BCUT2D eigenvalue weighted by Gasteiger charge is -2.19. The van der Waals surface area contributed by atoms with Gasteiger partial charge in [-0.1, -0.05) is 17.3 Å². The normalized spacial score (nSPS) is 13.8. The van der Waals surface area contributed by atoms with Crippen LogP contribution in [0, 0.1) is 0 Å². The minimum absolute atomic E-state index is 0.0103. The highest BCUT2D eigenvalue weighted by molar-refractivity contribution is 5.96. The van der Waals surface area contributed by atoms with Crippen molar-refractivity contribution in [1.82, 2.24) is 25.6 Å². The Bertz CT molecular complexity index is 594. The molecule has 20 heavy (non-hydrogen) atoms. The number of fused-ring (bicyclic) bond motifs is 1. The van der Waals surface area contributed by atoms with E-state index in [1.165, 1.54) is 11.1 Å². The van der Waals surface area contributed by atoms with E-state index in [0.717, 1.165) is 25.1 Å². The van der Waals surface area contributed by atoms with E-state index in [-0.39, 0.29) is 5.91 Å². The number of carbonyl (C=O) groups is 1. The Hall–Kier alpha value is -2.21. The minimum Gasteiger partial charge on any atom is -0.350 e. The van der Waals surface area contributed by atoms with Gasteiger partial charge < -0.3 is 10.6 Å². The van der Waals surface area contributed by atoms with Crippen molar-refractivity contribution in [3.63, 3.8) is 0 Å². The van der Waals surface area contributed by atoms with Crippen LogP contribution in [0.4, 0.5) is 0 Å². The zero-order valence-corrected chi connectivity index (χ0v) is 11.2. The number of rotatable bonds is 4. The molecule has 0 fully saturated rings. The third-order valence-corrected chi connectivity index (χ3v) is 3.48. The predicted octanol–water partition coefficient (Wildman–Crippen LogP) is 0.354. The summed E-state index contributed by atoms with van der Waals surface area (Å²) in [4.78, 5) is 12.3. The van der Waals surface area contributed by atoms with Crippen LogP contribution in [0.15, 0.2) is 30.6 Å². The average molecular weight is 271 g/mol. The van der Waals surface area contributed by atoms with Crippen LogP contribution in [0.5, 0.6) is 0 Å². The van der Waals surface area contributed by atoms with Crippen molar-refractivity contribution < 1.29 is 4.79 Å². The van der Waals surface area contributed by atoms with E-state index in [2.05, 4.69) is 27.0 Å². The van der Waals surface area contributed by atoms with Gasteiger partial charge in [0.05, 0.1) is 12.7 Å². The lowest BCUT2D eigenvalue weighted by molar-refractivity contribution is 0.0950. The van der Waals surface area contributed by atoms with Crippen LogP contribution in [0.2, 0.25) is 0 Å². The zero-order chi connectivity index (χ0) is 13.8. The van der Waals surface area contributed by atoms with Crippen molar-refractivity contribution in [2.45, 2.75) is 19.5 Å². The molecule has 104 valence electrons. The standard InChI is InChI=1S/C14H17N5O/c20-14(16-6-8-19-9-7-17-18-19)13-3-1-2-11-10-15-5-4-12(11)13/h1-3,7,9,15H,4-6,8,10H2,(H,16,20). The van der Waals surface area contributed by atoms with Gasteiger partial charge in [0.2, 0.25) is 0 Å². The van der Waals surface area contributed by atoms with Gasteiger partial charge in [0.15, 0.2) is 0 Å². The summed E-state index contributed by atoms with van der Waals surface area (Å²) in [5, 5.41) is 13.9. The molecule has 2 N–H and O–H groups in total. The molecular formula is C14H17N5O. The maximum Gasteiger partial charge on any atom is 0.251 e. The molecule has 1 aliphatic heterocycles. The molecule has 3 rings (SSSR count). The van der Waals surface area contributed by atoms with Crippen LogP contribution in [0.3, 0.4) is 0 Å². The van der Waals surface area contributed by atoms with Crippen LogP contribution in [0.25, 0.3) is 0 Å². The summed E-state index contributed by atoms with van der Waals surface area (Å²) in [6.45, 7) is 2.94. The fraction of sp³-hybridized carbons (Fsp3) is 0.357. The van der Waals surface area contributed by atoms with Gasteiger partial charge in [-0.2, -0.15) is 0 Å². The smallest absolute Gasteiger partial charge is 0.251 e. The fourth-order valence-electron chi connectivity index (χ4n) is 2.48. The highest BCUT2D eigenvalue weighted by atomic mass is 16.1. The first-order valence-corrected chi connectivity index (χ1v) is 6.78. The fourth-order valence-corrected chi connectivity index (χ4v) is 2.48. The molecule has 0 bridgehead atoms. The molecule has 0 aliphatic carbocycles. The van der Waals surface area contributed by atoms with Gasteiger partial charge in [-0.3, -0.25) is 9.48 Å². The molecule has 0 unspecified atom stereocenters. The number of aromatic nitrogens is 3. The highest BCUT2D eigenvalue weighted by Gasteiger charge is 2.16. The van der Waals surface area contributed by atoms with Gasteiger partial charge in [-0.15, -0.1) is 5.10 Å².